The van der Waals surface area contributed by atoms with Crippen molar-refractivity contribution >= 4 is 28.4 Å². The highest BCUT2D eigenvalue weighted by Gasteiger charge is 2.26. The van der Waals surface area contributed by atoms with Gasteiger partial charge in [-0.25, -0.2) is 4.99 Å². The Bertz CT molecular complexity index is 1430. The van der Waals surface area contributed by atoms with Crippen LogP contribution in [0.2, 0.25) is 0 Å². The average Bonchev–Trinajstić information content (AvgIpc) is 3.60. The number of amides is 2. The standard InChI is InChI=1S/C31H37N5O3/c1-20-14-21(2)35-31(38)27(20)18-33-30(37)26-16-23(22-8-6-11-25(15-22)39-13-7-12-32-3)17-29-28(26)19-34-36(29)24-9-4-5-10-24/h6,8,11,14-17,19,24,27,32H,4-5,7,9-10,12-13,18H2,1-3H3,(H,33,37). The van der Waals surface area contributed by atoms with Gasteiger partial charge in [-0.1, -0.05) is 30.5 Å². The van der Waals surface area contributed by atoms with Gasteiger partial charge >= 0.3 is 0 Å². The van der Waals surface area contributed by atoms with E-state index in [2.05, 4.69) is 26.4 Å². The zero-order valence-electron chi connectivity index (χ0n) is 23.0. The smallest absolute Gasteiger partial charge is 0.254 e. The summed E-state index contributed by atoms with van der Waals surface area (Å²) < 4.78 is 8.07. The number of aliphatic imine (C=N–C) groups is 1. The van der Waals surface area contributed by atoms with Gasteiger partial charge in [0.15, 0.2) is 0 Å². The van der Waals surface area contributed by atoms with Crippen LogP contribution in [0.15, 0.2) is 59.2 Å². The first kappa shape index (κ1) is 26.8. The Labute approximate surface area is 229 Å². The van der Waals surface area contributed by atoms with Crippen LogP contribution in [0.1, 0.15) is 62.4 Å². The second kappa shape index (κ2) is 11.9. The van der Waals surface area contributed by atoms with Crippen LogP contribution in [0.4, 0.5) is 0 Å². The van der Waals surface area contributed by atoms with Crippen LogP contribution in [0.5, 0.6) is 5.75 Å². The van der Waals surface area contributed by atoms with Crippen molar-refractivity contribution in [2.75, 3.05) is 26.7 Å². The highest BCUT2D eigenvalue weighted by atomic mass is 16.5. The summed E-state index contributed by atoms with van der Waals surface area (Å²) in [5, 5.41) is 11.7. The van der Waals surface area contributed by atoms with Crippen LogP contribution in [0.3, 0.4) is 0 Å². The van der Waals surface area contributed by atoms with E-state index >= 15 is 0 Å². The molecule has 1 saturated carbocycles. The molecule has 1 aliphatic heterocycles. The zero-order valence-corrected chi connectivity index (χ0v) is 23.0. The first-order chi connectivity index (χ1) is 18.9. The lowest BCUT2D eigenvalue weighted by Crippen LogP contribution is -2.34. The lowest BCUT2D eigenvalue weighted by atomic mass is 9.95. The van der Waals surface area contributed by atoms with Gasteiger partial charge in [0.05, 0.1) is 35.8 Å². The molecule has 1 aromatic heterocycles. The van der Waals surface area contributed by atoms with E-state index in [-0.39, 0.29) is 18.4 Å². The fraction of sp³-hybridized carbons (Fsp3) is 0.419. The maximum Gasteiger partial charge on any atom is 0.254 e. The van der Waals surface area contributed by atoms with E-state index in [1.54, 1.807) is 6.20 Å². The van der Waals surface area contributed by atoms with Crippen LogP contribution in [0.25, 0.3) is 22.0 Å². The predicted octanol–water partition coefficient (Wildman–Crippen LogP) is 5.10. The van der Waals surface area contributed by atoms with Gasteiger partial charge in [0.25, 0.3) is 11.8 Å². The Morgan fingerprint density at radius 3 is 2.72 bits per heavy atom. The van der Waals surface area contributed by atoms with Crippen molar-refractivity contribution < 1.29 is 14.3 Å². The van der Waals surface area contributed by atoms with E-state index in [0.717, 1.165) is 59.2 Å². The minimum Gasteiger partial charge on any atom is -0.494 e. The molecule has 8 heteroatoms. The summed E-state index contributed by atoms with van der Waals surface area (Å²) in [5.41, 5.74) is 5.02. The Morgan fingerprint density at radius 2 is 1.95 bits per heavy atom. The third-order valence-electron chi connectivity index (χ3n) is 7.68. The van der Waals surface area contributed by atoms with Gasteiger partial charge in [-0.15, -0.1) is 0 Å². The Hall–Kier alpha value is -3.78. The summed E-state index contributed by atoms with van der Waals surface area (Å²) in [6.07, 6.45) is 9.18. The molecule has 2 heterocycles. The number of allylic oxidation sites excluding steroid dienone is 1. The molecule has 2 N–H and O–H groups in total. The topological polar surface area (TPSA) is 97.6 Å². The van der Waals surface area contributed by atoms with Crippen molar-refractivity contribution in [3.63, 3.8) is 0 Å². The van der Waals surface area contributed by atoms with Gasteiger partial charge in [-0.05, 0) is 88.2 Å². The van der Waals surface area contributed by atoms with Gasteiger partial charge < -0.3 is 15.4 Å². The molecule has 39 heavy (non-hydrogen) atoms. The average molecular weight is 528 g/mol. The van der Waals surface area contributed by atoms with E-state index in [0.29, 0.717) is 23.9 Å². The van der Waals surface area contributed by atoms with E-state index in [4.69, 9.17) is 9.84 Å². The molecule has 5 rings (SSSR count). The van der Waals surface area contributed by atoms with Crippen LogP contribution in [0, 0.1) is 5.92 Å². The van der Waals surface area contributed by atoms with Gasteiger partial charge in [-0.2, -0.15) is 5.10 Å². The molecule has 0 bridgehead atoms. The molecule has 1 unspecified atom stereocenters. The summed E-state index contributed by atoms with van der Waals surface area (Å²) in [6, 6.07) is 12.4. The SMILES string of the molecule is CNCCCOc1cccc(-c2cc(C(=O)NCC3C(=O)N=C(C)C=C3C)c3cnn(C4CCCC4)c3c2)c1. The third-order valence-corrected chi connectivity index (χ3v) is 7.68. The van der Waals surface area contributed by atoms with Crippen molar-refractivity contribution in [3.8, 4) is 16.9 Å². The molecule has 3 aromatic rings. The van der Waals surface area contributed by atoms with Crippen molar-refractivity contribution in [1.82, 2.24) is 20.4 Å². The summed E-state index contributed by atoms with van der Waals surface area (Å²) in [7, 11) is 1.93. The Balaban J connectivity index is 1.47. The maximum atomic E-state index is 13.6. The van der Waals surface area contributed by atoms with Crippen molar-refractivity contribution in [2.24, 2.45) is 10.9 Å². The normalized spacial score (nSPS) is 17.8. The van der Waals surface area contributed by atoms with Crippen LogP contribution >= 0.6 is 0 Å². The minimum atomic E-state index is -0.450. The number of carbonyl (C=O) groups is 2. The van der Waals surface area contributed by atoms with Gasteiger partial charge in [0.2, 0.25) is 0 Å². The molecule has 1 aliphatic carbocycles. The van der Waals surface area contributed by atoms with Crippen LogP contribution in [-0.2, 0) is 4.79 Å². The van der Waals surface area contributed by atoms with Crippen molar-refractivity contribution in [1.29, 1.82) is 0 Å². The van der Waals surface area contributed by atoms with Gasteiger partial charge in [0, 0.05) is 17.6 Å². The number of fused-ring (bicyclic) bond motifs is 1. The van der Waals surface area contributed by atoms with Crippen LogP contribution < -0.4 is 15.4 Å². The number of nitrogens with one attached hydrogen (secondary N) is 2. The molecular formula is C31H37N5O3. The molecule has 8 nitrogen and oxygen atoms in total. The van der Waals surface area contributed by atoms with Crippen LogP contribution in [-0.4, -0.2) is 54.1 Å². The number of nitrogens with zero attached hydrogens (tertiary/aromatic N) is 3. The maximum absolute atomic E-state index is 13.6. The number of hydrogen-bond donors (Lipinski definition) is 2. The molecule has 1 atom stereocenters. The highest BCUT2D eigenvalue weighted by molar-refractivity contribution is 6.09. The lowest BCUT2D eigenvalue weighted by molar-refractivity contribution is -0.120. The first-order valence-corrected chi connectivity index (χ1v) is 13.9. The fourth-order valence-corrected chi connectivity index (χ4v) is 5.59. The monoisotopic (exact) mass is 527 g/mol. The summed E-state index contributed by atoms with van der Waals surface area (Å²) >= 11 is 0. The molecule has 2 aliphatic rings. The molecule has 1 fully saturated rings. The second-order valence-corrected chi connectivity index (χ2v) is 10.6. The number of benzene rings is 2. The minimum absolute atomic E-state index is 0.204. The summed E-state index contributed by atoms with van der Waals surface area (Å²) in [6.45, 7) is 5.44. The van der Waals surface area contributed by atoms with E-state index in [1.807, 2.05) is 57.3 Å². The number of ether oxygens (including phenoxy) is 1. The number of dihydropyridines is 1. The van der Waals surface area contributed by atoms with E-state index in [1.165, 1.54) is 12.8 Å². The highest BCUT2D eigenvalue weighted by Crippen LogP contribution is 2.35. The van der Waals surface area contributed by atoms with Gasteiger partial charge in [0.1, 0.15) is 5.75 Å². The summed E-state index contributed by atoms with van der Waals surface area (Å²) in [5.74, 6) is -0.0892. The molecule has 0 spiro atoms. The fourth-order valence-electron chi connectivity index (χ4n) is 5.59. The number of carbonyl (C=O) groups excluding carboxylic acids is 2. The molecule has 2 amide bonds. The first-order valence-electron chi connectivity index (χ1n) is 13.9. The Morgan fingerprint density at radius 1 is 1.13 bits per heavy atom. The molecule has 0 radical (unpaired) electrons. The largest absolute Gasteiger partial charge is 0.494 e. The lowest BCUT2D eigenvalue weighted by Gasteiger charge is -2.19. The molecule has 2 aromatic carbocycles. The molecular weight excluding hydrogens is 490 g/mol. The Kier molecular flexibility index (Phi) is 8.21. The van der Waals surface area contributed by atoms with E-state index < -0.39 is 5.92 Å². The van der Waals surface area contributed by atoms with Gasteiger partial charge in [-0.3, -0.25) is 14.3 Å². The second-order valence-electron chi connectivity index (χ2n) is 10.6. The number of rotatable bonds is 10. The molecule has 204 valence electrons. The number of aromatic nitrogens is 2. The molecule has 0 saturated heterocycles. The number of hydrogen-bond acceptors (Lipinski definition) is 5. The quantitative estimate of drug-likeness (QED) is 0.358. The zero-order chi connectivity index (χ0) is 27.4. The van der Waals surface area contributed by atoms with E-state index in [9.17, 15) is 9.59 Å². The van der Waals surface area contributed by atoms with Crippen molar-refractivity contribution in [2.45, 2.75) is 52.0 Å². The summed E-state index contributed by atoms with van der Waals surface area (Å²) in [4.78, 5) is 30.2. The third kappa shape index (κ3) is 5.96. The van der Waals surface area contributed by atoms with Crippen molar-refractivity contribution in [3.05, 3.63) is 59.8 Å². The predicted molar refractivity (Wildman–Crippen MR) is 154 cm³/mol.